The molecule has 1 saturated heterocycles. The van der Waals surface area contributed by atoms with Crippen molar-refractivity contribution in [1.29, 1.82) is 0 Å². The number of aromatic nitrogens is 1. The summed E-state index contributed by atoms with van der Waals surface area (Å²) in [6, 6.07) is 7.91. The molecule has 0 spiro atoms. The van der Waals surface area contributed by atoms with E-state index in [1.54, 1.807) is 12.1 Å². The largest absolute Gasteiger partial charge is 0.359 e. The van der Waals surface area contributed by atoms with Gasteiger partial charge in [0, 0.05) is 12.6 Å². The van der Waals surface area contributed by atoms with Crippen molar-refractivity contribution >= 4 is 5.91 Å². The van der Waals surface area contributed by atoms with Crippen molar-refractivity contribution in [3.8, 4) is 0 Å². The number of rotatable bonds is 3. The van der Waals surface area contributed by atoms with Crippen LogP contribution in [0.4, 0.5) is 4.39 Å². The second-order valence-electron chi connectivity index (χ2n) is 5.42. The Kier molecular flexibility index (Phi) is 3.73. The first-order valence-electron chi connectivity index (χ1n) is 7.10. The molecule has 1 fully saturated rings. The van der Waals surface area contributed by atoms with Gasteiger partial charge in [0.25, 0.3) is 0 Å². The molecule has 110 valence electrons. The van der Waals surface area contributed by atoms with Crippen molar-refractivity contribution in [3.05, 3.63) is 53.2 Å². The van der Waals surface area contributed by atoms with E-state index in [1.165, 1.54) is 12.1 Å². The molecule has 2 aromatic rings. The number of carbonyl (C=O) groups is 1. The lowest BCUT2D eigenvalue weighted by atomic mass is 10.1. The Hall–Kier alpha value is -2.17. The smallest absolute Gasteiger partial charge is 0.227 e. The molecular formula is C16H17FN2O2. The number of halogens is 1. The fourth-order valence-corrected chi connectivity index (χ4v) is 2.78. The maximum Gasteiger partial charge on any atom is 0.227 e. The maximum atomic E-state index is 12.9. The van der Waals surface area contributed by atoms with Crippen LogP contribution in [0.1, 0.15) is 35.9 Å². The molecule has 0 N–H and O–H groups in total. The van der Waals surface area contributed by atoms with Gasteiger partial charge in [-0.1, -0.05) is 17.3 Å². The number of carbonyl (C=O) groups excluding carboxylic acids is 1. The van der Waals surface area contributed by atoms with Crippen molar-refractivity contribution in [2.75, 3.05) is 6.54 Å². The molecule has 1 amide bonds. The topological polar surface area (TPSA) is 46.3 Å². The average Bonchev–Trinajstić information content (AvgIpc) is 3.09. The van der Waals surface area contributed by atoms with E-state index < -0.39 is 0 Å². The number of benzene rings is 1. The Morgan fingerprint density at radius 2 is 2.19 bits per heavy atom. The van der Waals surface area contributed by atoms with Gasteiger partial charge in [-0.05, 0) is 37.5 Å². The third kappa shape index (κ3) is 2.96. The summed E-state index contributed by atoms with van der Waals surface area (Å²) in [4.78, 5) is 14.3. The fourth-order valence-electron chi connectivity index (χ4n) is 2.78. The SMILES string of the molecule is Cc1cc([C@@H]2CCCN2C(=O)Cc2ccc(F)cc2)on1. The molecule has 3 rings (SSSR count). The minimum Gasteiger partial charge on any atom is -0.359 e. The molecule has 2 heterocycles. The van der Waals surface area contributed by atoms with Crippen molar-refractivity contribution in [1.82, 2.24) is 10.1 Å². The highest BCUT2D eigenvalue weighted by molar-refractivity contribution is 5.79. The number of hydrogen-bond donors (Lipinski definition) is 0. The van der Waals surface area contributed by atoms with Crippen LogP contribution < -0.4 is 0 Å². The monoisotopic (exact) mass is 288 g/mol. The van der Waals surface area contributed by atoms with Crippen LogP contribution >= 0.6 is 0 Å². The summed E-state index contributed by atoms with van der Waals surface area (Å²) in [6.45, 7) is 2.59. The molecule has 5 heteroatoms. The van der Waals surface area contributed by atoms with Crippen molar-refractivity contribution < 1.29 is 13.7 Å². The molecule has 1 atom stereocenters. The van der Waals surface area contributed by atoms with Gasteiger partial charge < -0.3 is 9.42 Å². The molecule has 1 aliphatic heterocycles. The summed E-state index contributed by atoms with van der Waals surface area (Å²) < 4.78 is 18.2. The predicted molar refractivity (Wildman–Crippen MR) is 75.0 cm³/mol. The van der Waals surface area contributed by atoms with E-state index in [1.807, 2.05) is 17.9 Å². The van der Waals surface area contributed by atoms with E-state index in [0.717, 1.165) is 36.4 Å². The zero-order valence-electron chi connectivity index (χ0n) is 11.9. The van der Waals surface area contributed by atoms with Gasteiger partial charge in [-0.2, -0.15) is 0 Å². The molecular weight excluding hydrogens is 271 g/mol. The van der Waals surface area contributed by atoms with Gasteiger partial charge in [0.1, 0.15) is 5.82 Å². The first-order chi connectivity index (χ1) is 10.1. The quantitative estimate of drug-likeness (QED) is 0.872. The van der Waals surface area contributed by atoms with E-state index in [-0.39, 0.29) is 24.2 Å². The number of amides is 1. The van der Waals surface area contributed by atoms with Gasteiger partial charge in [-0.25, -0.2) is 4.39 Å². The van der Waals surface area contributed by atoms with Crippen LogP contribution in [0.5, 0.6) is 0 Å². The van der Waals surface area contributed by atoms with Gasteiger partial charge in [-0.3, -0.25) is 4.79 Å². The van der Waals surface area contributed by atoms with Crippen molar-refractivity contribution in [2.24, 2.45) is 0 Å². The first kappa shape index (κ1) is 13.8. The Bertz CT molecular complexity index is 636. The molecule has 0 aliphatic carbocycles. The summed E-state index contributed by atoms with van der Waals surface area (Å²) in [7, 11) is 0. The van der Waals surface area contributed by atoms with E-state index in [9.17, 15) is 9.18 Å². The fraction of sp³-hybridized carbons (Fsp3) is 0.375. The van der Waals surface area contributed by atoms with Crippen molar-refractivity contribution in [3.63, 3.8) is 0 Å². The molecule has 1 aliphatic rings. The number of hydrogen-bond acceptors (Lipinski definition) is 3. The van der Waals surface area contributed by atoms with Crippen LogP contribution in [0.3, 0.4) is 0 Å². The van der Waals surface area contributed by atoms with Gasteiger partial charge in [0.05, 0.1) is 18.2 Å². The van der Waals surface area contributed by atoms with Crippen LogP contribution in [0.25, 0.3) is 0 Å². The van der Waals surface area contributed by atoms with Crippen molar-refractivity contribution in [2.45, 2.75) is 32.2 Å². The summed E-state index contributed by atoms with van der Waals surface area (Å²) in [6.07, 6.45) is 2.13. The zero-order valence-corrected chi connectivity index (χ0v) is 11.9. The molecule has 1 aromatic carbocycles. The third-order valence-corrected chi connectivity index (χ3v) is 3.82. The molecule has 0 radical (unpaired) electrons. The highest BCUT2D eigenvalue weighted by Crippen LogP contribution is 2.32. The number of aryl methyl sites for hydroxylation is 1. The molecule has 0 bridgehead atoms. The summed E-state index contributed by atoms with van der Waals surface area (Å²) in [5, 5.41) is 3.89. The average molecular weight is 288 g/mol. The summed E-state index contributed by atoms with van der Waals surface area (Å²) in [5.74, 6) is 0.498. The Labute approximate surface area is 122 Å². The first-order valence-corrected chi connectivity index (χ1v) is 7.10. The predicted octanol–water partition coefficient (Wildman–Crippen LogP) is 3.03. The maximum absolute atomic E-state index is 12.9. The normalized spacial score (nSPS) is 18.2. The zero-order chi connectivity index (χ0) is 14.8. The lowest BCUT2D eigenvalue weighted by molar-refractivity contribution is -0.131. The minimum absolute atomic E-state index is 0.0286. The minimum atomic E-state index is -0.289. The molecule has 0 unspecified atom stereocenters. The Morgan fingerprint density at radius 1 is 1.43 bits per heavy atom. The Morgan fingerprint density at radius 3 is 2.86 bits per heavy atom. The molecule has 4 nitrogen and oxygen atoms in total. The second kappa shape index (κ2) is 5.68. The third-order valence-electron chi connectivity index (χ3n) is 3.82. The van der Waals surface area contributed by atoms with Crippen LogP contribution in [-0.4, -0.2) is 22.5 Å². The highest BCUT2D eigenvalue weighted by Gasteiger charge is 2.32. The molecule has 21 heavy (non-hydrogen) atoms. The van der Waals surface area contributed by atoms with Crippen LogP contribution in [0.2, 0.25) is 0 Å². The summed E-state index contributed by atoms with van der Waals surface area (Å²) >= 11 is 0. The van der Waals surface area contributed by atoms with E-state index in [4.69, 9.17) is 4.52 Å². The number of nitrogens with zero attached hydrogens (tertiary/aromatic N) is 2. The van der Waals surface area contributed by atoms with Gasteiger partial charge in [-0.15, -0.1) is 0 Å². The van der Waals surface area contributed by atoms with Gasteiger partial charge >= 0.3 is 0 Å². The summed E-state index contributed by atoms with van der Waals surface area (Å²) in [5.41, 5.74) is 1.64. The van der Waals surface area contributed by atoms with Crippen LogP contribution in [0, 0.1) is 12.7 Å². The molecule has 1 aromatic heterocycles. The van der Waals surface area contributed by atoms with Gasteiger partial charge in [0.15, 0.2) is 5.76 Å². The van der Waals surface area contributed by atoms with Crippen LogP contribution in [0.15, 0.2) is 34.9 Å². The van der Waals surface area contributed by atoms with E-state index in [0.29, 0.717) is 0 Å². The Balaban J connectivity index is 1.72. The highest BCUT2D eigenvalue weighted by atomic mass is 19.1. The molecule has 0 saturated carbocycles. The lowest BCUT2D eigenvalue weighted by Crippen LogP contribution is -2.31. The van der Waals surface area contributed by atoms with E-state index >= 15 is 0 Å². The second-order valence-corrected chi connectivity index (χ2v) is 5.42. The lowest BCUT2D eigenvalue weighted by Gasteiger charge is -2.22. The van der Waals surface area contributed by atoms with Gasteiger partial charge in [0.2, 0.25) is 5.91 Å². The standard InChI is InChI=1S/C16H17FN2O2/c1-11-9-15(21-18-11)14-3-2-8-19(14)16(20)10-12-4-6-13(17)7-5-12/h4-7,9,14H,2-3,8,10H2,1H3/t14-/m0/s1. The van der Waals surface area contributed by atoms with Crippen LogP contribution in [-0.2, 0) is 11.2 Å². The number of likely N-dealkylation sites (tertiary alicyclic amines) is 1. The van der Waals surface area contributed by atoms with E-state index in [2.05, 4.69) is 5.16 Å².